The van der Waals surface area contributed by atoms with Gasteiger partial charge in [0, 0.05) is 60.8 Å². The highest BCUT2D eigenvalue weighted by Gasteiger charge is 2.25. The second kappa shape index (κ2) is 8.12. The maximum Gasteiger partial charge on any atom is 0.270 e. The number of hydrogen-bond acceptors (Lipinski definition) is 6. The third-order valence-electron chi connectivity index (χ3n) is 6.53. The van der Waals surface area contributed by atoms with Crippen molar-refractivity contribution in [3.05, 3.63) is 66.7 Å². The molecule has 0 fully saturated rings. The van der Waals surface area contributed by atoms with Gasteiger partial charge in [0.05, 0.1) is 6.04 Å². The average molecular weight is 465 g/mol. The predicted octanol–water partition coefficient (Wildman–Crippen LogP) is 4.09. The van der Waals surface area contributed by atoms with Gasteiger partial charge in [-0.1, -0.05) is 24.3 Å². The molecule has 0 spiro atoms. The van der Waals surface area contributed by atoms with Crippen LogP contribution in [0, 0.1) is 0 Å². The van der Waals surface area contributed by atoms with Gasteiger partial charge in [0.25, 0.3) is 5.91 Å². The molecule has 0 bridgehead atoms. The molecule has 5 aromatic rings. The molecule has 5 heterocycles. The van der Waals surface area contributed by atoms with Crippen LogP contribution in [-0.4, -0.2) is 59.1 Å². The van der Waals surface area contributed by atoms with Crippen molar-refractivity contribution in [1.29, 1.82) is 0 Å². The van der Waals surface area contributed by atoms with E-state index in [1.54, 1.807) is 11.1 Å². The van der Waals surface area contributed by atoms with E-state index >= 15 is 0 Å². The maximum absolute atomic E-state index is 12.7. The fraction of sp³-hybridized carbons (Fsp3) is 0.231. The van der Waals surface area contributed by atoms with Crippen molar-refractivity contribution in [2.24, 2.45) is 0 Å². The van der Waals surface area contributed by atoms with Crippen LogP contribution < -0.4 is 0 Å². The van der Waals surface area contributed by atoms with Crippen LogP contribution >= 0.6 is 0 Å². The fourth-order valence-electron chi connectivity index (χ4n) is 4.64. The second-order valence-corrected chi connectivity index (χ2v) is 9.08. The first-order chi connectivity index (χ1) is 17.0. The van der Waals surface area contributed by atoms with Gasteiger partial charge in [0.15, 0.2) is 5.82 Å². The smallest absolute Gasteiger partial charge is 0.270 e. The number of amides is 1. The van der Waals surface area contributed by atoms with Crippen LogP contribution in [0.15, 0.2) is 61.1 Å². The van der Waals surface area contributed by atoms with Gasteiger partial charge in [-0.25, -0.2) is 9.67 Å². The first-order valence-corrected chi connectivity index (χ1v) is 11.6. The van der Waals surface area contributed by atoms with E-state index in [1.807, 2.05) is 53.0 Å². The van der Waals surface area contributed by atoms with Gasteiger partial charge in [-0.3, -0.25) is 9.78 Å². The van der Waals surface area contributed by atoms with Crippen molar-refractivity contribution in [2.75, 3.05) is 13.6 Å². The molecule has 0 aliphatic carbocycles. The lowest BCUT2D eigenvalue weighted by molar-refractivity contribution is 0.0751. The minimum absolute atomic E-state index is 0.0238. The highest BCUT2D eigenvalue weighted by Crippen LogP contribution is 2.33. The molecule has 4 aromatic heterocycles. The van der Waals surface area contributed by atoms with Crippen molar-refractivity contribution in [3.63, 3.8) is 0 Å². The van der Waals surface area contributed by atoms with Crippen molar-refractivity contribution in [3.8, 4) is 33.6 Å². The molecule has 9 heteroatoms. The van der Waals surface area contributed by atoms with Gasteiger partial charge in [0.1, 0.15) is 11.3 Å². The SMILES string of the molecule is CC(C)n1nnnc1-c1ccc(-c2cncc(-c3ccnc4c3cc3n4CCN(C)C3=O)c2)cc1. The standard InChI is InChI=1S/C26H24N8O/c1-16(2)34-24(29-30-31-34)18-6-4-17(5-7-18)19-12-20(15-27-14-19)21-8-9-28-25-22(21)13-23-26(35)32(3)10-11-33(23)25/h4-9,12-16H,10-11H2,1-3H3. The summed E-state index contributed by atoms with van der Waals surface area (Å²) in [6.45, 7) is 5.52. The van der Waals surface area contributed by atoms with E-state index in [2.05, 4.69) is 57.5 Å². The Morgan fingerprint density at radius 1 is 0.914 bits per heavy atom. The Labute approximate surface area is 202 Å². The highest BCUT2D eigenvalue weighted by molar-refractivity contribution is 6.03. The molecule has 0 radical (unpaired) electrons. The van der Waals surface area contributed by atoms with Gasteiger partial charge >= 0.3 is 0 Å². The van der Waals surface area contributed by atoms with E-state index in [4.69, 9.17) is 0 Å². The Balaban J connectivity index is 1.38. The largest absolute Gasteiger partial charge is 0.339 e. The van der Waals surface area contributed by atoms with Gasteiger partial charge in [-0.2, -0.15) is 0 Å². The van der Waals surface area contributed by atoms with Gasteiger partial charge in [0.2, 0.25) is 0 Å². The summed E-state index contributed by atoms with van der Waals surface area (Å²) in [6.07, 6.45) is 5.51. The minimum atomic E-state index is 0.0238. The van der Waals surface area contributed by atoms with Crippen LogP contribution in [0.25, 0.3) is 44.7 Å². The number of fused-ring (bicyclic) bond motifs is 3. The Morgan fingerprint density at radius 3 is 2.49 bits per heavy atom. The zero-order chi connectivity index (χ0) is 24.1. The van der Waals surface area contributed by atoms with Crippen molar-refractivity contribution < 1.29 is 4.79 Å². The Morgan fingerprint density at radius 2 is 1.69 bits per heavy atom. The van der Waals surface area contributed by atoms with Gasteiger partial charge in [-0.15, -0.1) is 5.10 Å². The Hall–Kier alpha value is -4.40. The number of likely N-dealkylation sites (N-methyl/N-ethyl adjacent to an activating group) is 1. The van der Waals surface area contributed by atoms with E-state index in [-0.39, 0.29) is 11.9 Å². The number of aromatic nitrogens is 7. The summed E-state index contributed by atoms with van der Waals surface area (Å²) in [5, 5.41) is 13.1. The monoisotopic (exact) mass is 464 g/mol. The number of benzene rings is 1. The van der Waals surface area contributed by atoms with Gasteiger partial charge < -0.3 is 9.47 Å². The van der Waals surface area contributed by atoms with Crippen LogP contribution in [0.1, 0.15) is 30.4 Å². The quantitative estimate of drug-likeness (QED) is 0.398. The summed E-state index contributed by atoms with van der Waals surface area (Å²) in [5.74, 6) is 0.770. The molecule has 174 valence electrons. The minimum Gasteiger partial charge on any atom is -0.339 e. The number of tetrazole rings is 1. The third-order valence-corrected chi connectivity index (χ3v) is 6.53. The molecular weight excluding hydrogens is 440 g/mol. The summed E-state index contributed by atoms with van der Waals surface area (Å²) < 4.78 is 3.83. The molecule has 1 aliphatic rings. The van der Waals surface area contributed by atoms with Crippen LogP contribution in [0.3, 0.4) is 0 Å². The molecule has 6 rings (SSSR count). The molecule has 1 amide bonds. The predicted molar refractivity (Wildman–Crippen MR) is 133 cm³/mol. The summed E-state index contributed by atoms with van der Waals surface area (Å²) >= 11 is 0. The first-order valence-electron chi connectivity index (χ1n) is 11.6. The van der Waals surface area contributed by atoms with Crippen molar-refractivity contribution in [1.82, 2.24) is 39.6 Å². The summed E-state index contributed by atoms with van der Waals surface area (Å²) in [6, 6.07) is 14.4. The maximum atomic E-state index is 12.7. The van der Waals surface area contributed by atoms with Gasteiger partial charge in [-0.05, 0) is 53.6 Å². The number of rotatable bonds is 4. The Bertz CT molecular complexity index is 1560. The first kappa shape index (κ1) is 21.2. The fourth-order valence-corrected chi connectivity index (χ4v) is 4.64. The average Bonchev–Trinajstić information content (AvgIpc) is 3.52. The van der Waals surface area contributed by atoms with E-state index in [0.717, 1.165) is 51.2 Å². The molecule has 0 saturated carbocycles. The molecule has 9 nitrogen and oxygen atoms in total. The lowest BCUT2D eigenvalue weighted by atomic mass is 10.00. The molecule has 35 heavy (non-hydrogen) atoms. The second-order valence-electron chi connectivity index (χ2n) is 9.08. The van der Waals surface area contributed by atoms with Crippen molar-refractivity contribution >= 4 is 16.9 Å². The molecule has 1 aromatic carbocycles. The van der Waals surface area contributed by atoms with Crippen LogP contribution in [0.5, 0.6) is 0 Å². The van der Waals surface area contributed by atoms with E-state index in [0.29, 0.717) is 12.2 Å². The molecule has 0 atom stereocenters. The van der Waals surface area contributed by atoms with E-state index in [1.165, 1.54) is 0 Å². The number of hydrogen-bond donors (Lipinski definition) is 0. The van der Waals surface area contributed by atoms with E-state index in [9.17, 15) is 4.79 Å². The molecular formula is C26H24N8O. The summed E-state index contributed by atoms with van der Waals surface area (Å²) in [7, 11) is 1.83. The third kappa shape index (κ3) is 3.47. The topological polar surface area (TPSA) is 94.6 Å². The molecule has 0 N–H and O–H groups in total. The lowest BCUT2D eigenvalue weighted by Gasteiger charge is -2.24. The highest BCUT2D eigenvalue weighted by atomic mass is 16.2. The summed E-state index contributed by atoms with van der Waals surface area (Å²) in [5.41, 5.74) is 6.50. The van der Waals surface area contributed by atoms with Crippen LogP contribution in [-0.2, 0) is 6.54 Å². The number of carbonyl (C=O) groups excluding carboxylic acids is 1. The summed E-state index contributed by atoms with van der Waals surface area (Å²) in [4.78, 5) is 23.6. The molecule has 0 unspecified atom stereocenters. The Kier molecular flexibility index (Phi) is 4.91. The molecule has 1 aliphatic heterocycles. The van der Waals surface area contributed by atoms with Crippen molar-refractivity contribution in [2.45, 2.75) is 26.4 Å². The number of nitrogens with zero attached hydrogens (tertiary/aromatic N) is 8. The number of pyridine rings is 2. The zero-order valence-electron chi connectivity index (χ0n) is 19.8. The lowest BCUT2D eigenvalue weighted by Crippen LogP contribution is -2.36. The van der Waals surface area contributed by atoms with Crippen LogP contribution in [0.2, 0.25) is 0 Å². The van der Waals surface area contributed by atoms with Crippen LogP contribution in [0.4, 0.5) is 0 Å². The zero-order valence-corrected chi connectivity index (χ0v) is 19.8. The van der Waals surface area contributed by atoms with E-state index < -0.39 is 0 Å². The number of carbonyl (C=O) groups is 1. The normalized spacial score (nSPS) is 13.6. The molecule has 0 saturated heterocycles.